The lowest BCUT2D eigenvalue weighted by Gasteiger charge is -2.37. The molecule has 0 spiro atoms. The van der Waals surface area contributed by atoms with Gasteiger partial charge in [0.15, 0.2) is 0 Å². The Balaban J connectivity index is 1.58. The summed E-state index contributed by atoms with van der Waals surface area (Å²) >= 11 is 0. The lowest BCUT2D eigenvalue weighted by Crippen LogP contribution is -2.47. The number of hydrogen-bond acceptors (Lipinski definition) is 4. The maximum Gasteiger partial charge on any atom is 0.303 e. The number of likely N-dealkylation sites (N-methyl/N-ethyl adjacent to an activating group) is 1. The predicted octanol–water partition coefficient (Wildman–Crippen LogP) is 1.57. The molecule has 3 atom stereocenters. The van der Waals surface area contributed by atoms with E-state index in [0.717, 1.165) is 45.3 Å². The van der Waals surface area contributed by atoms with Crippen LogP contribution in [0.2, 0.25) is 0 Å². The standard InChI is InChI=1S/C20H33N3O4/c1-2-21-10-5-7-17(21)14-22-13-15(12-18(22)24)20(27)23-11-4-3-6-16(23)8-9-19(25)26/h15-17H,2-14H2,1H3,(H,25,26). The number of rotatable bonds is 7. The molecule has 3 unspecified atom stereocenters. The second-order valence-corrected chi connectivity index (χ2v) is 8.24. The third-order valence-corrected chi connectivity index (χ3v) is 6.50. The Hall–Kier alpha value is -1.63. The minimum absolute atomic E-state index is 0.0110. The lowest BCUT2D eigenvalue weighted by atomic mass is 9.95. The van der Waals surface area contributed by atoms with Gasteiger partial charge in [0.25, 0.3) is 0 Å². The molecule has 0 aliphatic carbocycles. The van der Waals surface area contributed by atoms with Gasteiger partial charge in [-0.05, 0) is 51.6 Å². The number of carbonyl (C=O) groups is 3. The molecule has 0 saturated carbocycles. The Kier molecular flexibility index (Phi) is 6.73. The molecular formula is C20H33N3O4. The van der Waals surface area contributed by atoms with Gasteiger partial charge in [-0.3, -0.25) is 19.3 Å². The summed E-state index contributed by atoms with van der Waals surface area (Å²) in [4.78, 5) is 42.7. The molecule has 27 heavy (non-hydrogen) atoms. The van der Waals surface area contributed by atoms with Crippen LogP contribution in [0.25, 0.3) is 0 Å². The first-order chi connectivity index (χ1) is 13.0. The van der Waals surface area contributed by atoms with Crippen LogP contribution in [0.15, 0.2) is 0 Å². The highest BCUT2D eigenvalue weighted by Gasteiger charge is 2.40. The van der Waals surface area contributed by atoms with Gasteiger partial charge in [0.05, 0.1) is 5.92 Å². The second-order valence-electron chi connectivity index (χ2n) is 8.24. The molecule has 7 heteroatoms. The molecular weight excluding hydrogens is 346 g/mol. The second kappa shape index (κ2) is 9.04. The van der Waals surface area contributed by atoms with Gasteiger partial charge in [-0.15, -0.1) is 0 Å². The van der Waals surface area contributed by atoms with Crippen molar-refractivity contribution in [3.63, 3.8) is 0 Å². The number of carboxylic acid groups (broad SMARTS) is 1. The summed E-state index contributed by atoms with van der Waals surface area (Å²) < 4.78 is 0. The van der Waals surface area contributed by atoms with Crippen LogP contribution in [0.4, 0.5) is 0 Å². The molecule has 0 bridgehead atoms. The van der Waals surface area contributed by atoms with Crippen molar-refractivity contribution in [2.45, 2.75) is 70.4 Å². The number of hydrogen-bond donors (Lipinski definition) is 1. The zero-order chi connectivity index (χ0) is 19.4. The average Bonchev–Trinajstić information content (AvgIpc) is 3.26. The average molecular weight is 380 g/mol. The Bertz CT molecular complexity index is 567. The summed E-state index contributed by atoms with van der Waals surface area (Å²) in [5.41, 5.74) is 0. The minimum atomic E-state index is -0.813. The molecule has 3 fully saturated rings. The Morgan fingerprint density at radius 3 is 2.63 bits per heavy atom. The van der Waals surface area contributed by atoms with Gasteiger partial charge in [0, 0.05) is 44.6 Å². The largest absolute Gasteiger partial charge is 0.481 e. The maximum absolute atomic E-state index is 13.1. The number of carbonyl (C=O) groups excluding carboxylic acids is 2. The SMILES string of the molecule is CCN1CCCC1CN1CC(C(=O)N2CCCCC2CCC(=O)O)CC1=O. The van der Waals surface area contributed by atoms with E-state index >= 15 is 0 Å². The molecule has 7 nitrogen and oxygen atoms in total. The van der Waals surface area contributed by atoms with E-state index < -0.39 is 5.97 Å². The minimum Gasteiger partial charge on any atom is -0.481 e. The van der Waals surface area contributed by atoms with E-state index in [-0.39, 0.29) is 30.2 Å². The quantitative estimate of drug-likeness (QED) is 0.726. The molecule has 3 aliphatic heterocycles. The van der Waals surface area contributed by atoms with E-state index in [2.05, 4.69) is 11.8 Å². The van der Waals surface area contributed by atoms with Crippen molar-refractivity contribution in [1.29, 1.82) is 0 Å². The van der Waals surface area contributed by atoms with E-state index in [1.165, 1.54) is 6.42 Å². The van der Waals surface area contributed by atoms with Crippen LogP contribution in [0, 0.1) is 5.92 Å². The van der Waals surface area contributed by atoms with Crippen LogP contribution in [-0.2, 0) is 14.4 Å². The molecule has 0 radical (unpaired) electrons. The van der Waals surface area contributed by atoms with Crippen LogP contribution in [0.5, 0.6) is 0 Å². The predicted molar refractivity (Wildman–Crippen MR) is 101 cm³/mol. The van der Waals surface area contributed by atoms with Crippen LogP contribution < -0.4 is 0 Å². The third kappa shape index (κ3) is 4.81. The van der Waals surface area contributed by atoms with Gasteiger partial charge in [-0.25, -0.2) is 0 Å². The molecule has 1 N–H and O–H groups in total. The lowest BCUT2D eigenvalue weighted by molar-refractivity contribution is -0.142. The van der Waals surface area contributed by atoms with Gasteiger partial charge in [-0.1, -0.05) is 6.92 Å². The van der Waals surface area contributed by atoms with Gasteiger partial charge < -0.3 is 14.9 Å². The molecule has 3 saturated heterocycles. The number of likely N-dealkylation sites (tertiary alicyclic amines) is 3. The van der Waals surface area contributed by atoms with E-state index in [0.29, 0.717) is 32.0 Å². The Morgan fingerprint density at radius 1 is 1.11 bits per heavy atom. The van der Waals surface area contributed by atoms with Crippen molar-refractivity contribution in [3.05, 3.63) is 0 Å². The monoisotopic (exact) mass is 379 g/mol. The number of piperidine rings is 1. The third-order valence-electron chi connectivity index (χ3n) is 6.50. The van der Waals surface area contributed by atoms with Gasteiger partial charge in [-0.2, -0.15) is 0 Å². The van der Waals surface area contributed by atoms with Crippen LogP contribution >= 0.6 is 0 Å². The van der Waals surface area contributed by atoms with E-state index in [4.69, 9.17) is 5.11 Å². The molecule has 0 aromatic heterocycles. The van der Waals surface area contributed by atoms with Crippen molar-refractivity contribution in [2.24, 2.45) is 5.92 Å². The zero-order valence-electron chi connectivity index (χ0n) is 16.4. The van der Waals surface area contributed by atoms with Crippen molar-refractivity contribution >= 4 is 17.8 Å². The van der Waals surface area contributed by atoms with Gasteiger partial charge in [0.2, 0.25) is 11.8 Å². The summed E-state index contributed by atoms with van der Waals surface area (Å²) in [6.07, 6.45) is 6.10. The normalized spacial score (nSPS) is 29.5. The molecule has 152 valence electrons. The summed E-state index contributed by atoms with van der Waals surface area (Å²) in [6, 6.07) is 0.433. The number of aliphatic carboxylic acids is 1. The summed E-state index contributed by atoms with van der Waals surface area (Å²) in [6.45, 7) is 6.22. The van der Waals surface area contributed by atoms with Crippen LogP contribution in [0.3, 0.4) is 0 Å². The van der Waals surface area contributed by atoms with Gasteiger partial charge in [0.1, 0.15) is 0 Å². The van der Waals surface area contributed by atoms with E-state index in [1.807, 2.05) is 9.80 Å². The maximum atomic E-state index is 13.1. The van der Waals surface area contributed by atoms with Crippen molar-refractivity contribution in [3.8, 4) is 0 Å². The van der Waals surface area contributed by atoms with Crippen LogP contribution in [0.1, 0.15) is 58.3 Å². The number of amides is 2. The molecule has 3 rings (SSSR count). The van der Waals surface area contributed by atoms with E-state index in [1.54, 1.807) is 0 Å². The highest BCUT2D eigenvalue weighted by molar-refractivity contribution is 5.89. The molecule has 2 amide bonds. The molecule has 0 aromatic carbocycles. The van der Waals surface area contributed by atoms with E-state index in [9.17, 15) is 14.4 Å². The first-order valence-corrected chi connectivity index (χ1v) is 10.5. The zero-order valence-corrected chi connectivity index (χ0v) is 16.4. The molecule has 3 heterocycles. The number of carboxylic acids is 1. The fraction of sp³-hybridized carbons (Fsp3) is 0.850. The molecule has 0 aromatic rings. The van der Waals surface area contributed by atoms with Crippen molar-refractivity contribution in [2.75, 3.05) is 32.7 Å². The van der Waals surface area contributed by atoms with Gasteiger partial charge >= 0.3 is 5.97 Å². The smallest absolute Gasteiger partial charge is 0.303 e. The first kappa shape index (κ1) is 20.1. The number of nitrogens with zero attached hydrogens (tertiary/aromatic N) is 3. The first-order valence-electron chi connectivity index (χ1n) is 10.5. The topological polar surface area (TPSA) is 81.2 Å². The fourth-order valence-corrected chi connectivity index (χ4v) is 5.00. The fourth-order valence-electron chi connectivity index (χ4n) is 5.00. The Morgan fingerprint density at radius 2 is 1.89 bits per heavy atom. The van der Waals surface area contributed by atoms with Crippen molar-refractivity contribution < 1.29 is 19.5 Å². The highest BCUT2D eigenvalue weighted by atomic mass is 16.4. The summed E-state index contributed by atoms with van der Waals surface area (Å²) in [7, 11) is 0. The van der Waals surface area contributed by atoms with Crippen LogP contribution in [-0.4, -0.2) is 82.4 Å². The Labute approximate surface area is 161 Å². The highest BCUT2D eigenvalue weighted by Crippen LogP contribution is 2.28. The summed E-state index contributed by atoms with van der Waals surface area (Å²) in [5.74, 6) is -0.929. The molecule has 3 aliphatic rings. The summed E-state index contributed by atoms with van der Waals surface area (Å²) in [5, 5.41) is 8.97. The van der Waals surface area contributed by atoms with Crippen molar-refractivity contribution in [1.82, 2.24) is 14.7 Å².